The van der Waals surface area contributed by atoms with Crippen LogP contribution in [-0.2, 0) is 42.7 Å². The summed E-state index contributed by atoms with van der Waals surface area (Å²) in [5, 5.41) is 2.23. The van der Waals surface area contributed by atoms with Crippen molar-refractivity contribution in [1.29, 1.82) is 0 Å². The molecule has 0 radical (unpaired) electrons. The topological polar surface area (TPSA) is 33.5 Å². The molecule has 71 heavy (non-hydrogen) atoms. The summed E-state index contributed by atoms with van der Waals surface area (Å²) in [6.07, 6.45) is 4.26. The van der Waals surface area contributed by atoms with Gasteiger partial charge in [0.05, 0.1) is 0 Å². The van der Waals surface area contributed by atoms with Gasteiger partial charge in [-0.05, 0) is 109 Å². The Morgan fingerprint density at radius 1 is 0.549 bits per heavy atom. The fourth-order valence-electron chi connectivity index (χ4n) is 9.80. The van der Waals surface area contributed by atoms with Crippen LogP contribution >= 0.6 is 0 Å². The Bertz CT molecular complexity index is 3200. The second-order valence-electron chi connectivity index (χ2n) is 23.6. The number of hydrogen-bond acceptors (Lipinski definition) is 4. The van der Waals surface area contributed by atoms with E-state index in [-0.39, 0.29) is 37.3 Å². The molecular formula is C65H71N4OPt-3. The van der Waals surface area contributed by atoms with Crippen molar-refractivity contribution in [3.8, 4) is 17.3 Å². The summed E-state index contributed by atoms with van der Waals surface area (Å²) in [6, 6.07) is 53.9. The van der Waals surface area contributed by atoms with E-state index in [9.17, 15) is 0 Å². The van der Waals surface area contributed by atoms with Gasteiger partial charge in [0.2, 0.25) is 0 Å². The summed E-state index contributed by atoms with van der Waals surface area (Å²) in [4.78, 5) is 9.62. The molecule has 0 amide bonds. The third-order valence-electron chi connectivity index (χ3n) is 14.3. The maximum absolute atomic E-state index is 7.09. The normalized spacial score (nSPS) is 13.7. The van der Waals surface area contributed by atoms with Crippen molar-refractivity contribution in [2.24, 2.45) is 0 Å². The van der Waals surface area contributed by atoms with E-state index in [2.05, 4.69) is 265 Å². The molecule has 1 aliphatic heterocycles. The van der Waals surface area contributed by atoms with E-state index >= 15 is 0 Å². The predicted molar refractivity (Wildman–Crippen MR) is 296 cm³/mol. The molecule has 3 heterocycles. The number of fused-ring (bicyclic) bond motifs is 3. The van der Waals surface area contributed by atoms with Crippen LogP contribution < -0.4 is 14.5 Å². The Morgan fingerprint density at radius 2 is 1.17 bits per heavy atom. The van der Waals surface area contributed by atoms with Gasteiger partial charge < -0.3 is 19.1 Å². The average molecular weight is 1120 g/mol. The molecule has 6 aromatic carbocycles. The number of hydrogen-bond donors (Lipinski definition) is 0. The standard InChI is InChI=1S/C65H71N4O.Pt/c1-42(2)53-25-21-26-54(43(3)4)61(53)59-40-67(49-33-46(63(8,9)10)32-47(34-49)64(11,12)13)41-68(59)50-35-48(65(14,15)44-22-17-16-18-23-44)36-52(38-50)70-51-28-29-56-55-24-19-20-27-57(55)69(58(56)39-51)60-37-45(30-31-66-60)62(5,6)7;/h16-37,40-43H,1-15H3;/q-3;. The number of ether oxygens (including phenoxy) is 1. The van der Waals surface area contributed by atoms with E-state index in [0.717, 1.165) is 50.3 Å². The maximum atomic E-state index is 7.09. The van der Waals surface area contributed by atoms with Crippen molar-refractivity contribution >= 4 is 38.9 Å². The van der Waals surface area contributed by atoms with Crippen LogP contribution in [0.2, 0.25) is 0 Å². The van der Waals surface area contributed by atoms with Crippen LogP contribution in [0.25, 0.3) is 33.3 Å². The van der Waals surface area contributed by atoms with Crippen LogP contribution in [0.15, 0.2) is 140 Å². The summed E-state index contributed by atoms with van der Waals surface area (Å²) in [5.74, 6) is 2.65. The molecule has 1 aliphatic rings. The summed E-state index contributed by atoms with van der Waals surface area (Å²) in [5.41, 5.74) is 14.6. The average Bonchev–Trinajstić information content (AvgIpc) is 3.90. The first kappa shape index (κ1) is 51.5. The van der Waals surface area contributed by atoms with Gasteiger partial charge in [-0.2, -0.15) is 6.07 Å². The van der Waals surface area contributed by atoms with Crippen LogP contribution in [0.1, 0.15) is 160 Å². The molecule has 8 aromatic rings. The summed E-state index contributed by atoms with van der Waals surface area (Å²) in [7, 11) is 0. The minimum absolute atomic E-state index is 0. The van der Waals surface area contributed by atoms with Crippen molar-refractivity contribution < 1.29 is 25.8 Å². The molecule has 0 N–H and O–H groups in total. The van der Waals surface area contributed by atoms with E-state index in [1.54, 1.807) is 0 Å². The van der Waals surface area contributed by atoms with Gasteiger partial charge in [0.15, 0.2) is 0 Å². The zero-order chi connectivity index (χ0) is 50.1. The van der Waals surface area contributed by atoms with Crippen molar-refractivity contribution in [3.63, 3.8) is 0 Å². The number of anilines is 2. The number of para-hydroxylation sites is 1. The molecule has 0 fully saturated rings. The molecule has 2 aromatic heterocycles. The van der Waals surface area contributed by atoms with Crippen LogP contribution in [0, 0.1) is 18.8 Å². The third-order valence-corrected chi connectivity index (χ3v) is 14.3. The van der Waals surface area contributed by atoms with Gasteiger partial charge in [-0.1, -0.05) is 182 Å². The summed E-state index contributed by atoms with van der Waals surface area (Å²) >= 11 is 0. The number of pyridine rings is 1. The Hall–Kier alpha value is -5.90. The number of nitrogens with zero attached hydrogens (tertiary/aromatic N) is 4. The predicted octanol–water partition coefficient (Wildman–Crippen LogP) is 17.5. The molecular weight excluding hydrogens is 1050 g/mol. The number of benzene rings is 6. The van der Waals surface area contributed by atoms with Crippen LogP contribution in [0.5, 0.6) is 11.5 Å². The van der Waals surface area contributed by atoms with Gasteiger partial charge in [-0.25, -0.2) is 4.98 Å². The minimum atomic E-state index is -0.391. The molecule has 6 heteroatoms. The Morgan fingerprint density at radius 3 is 1.79 bits per heavy atom. The van der Waals surface area contributed by atoms with Gasteiger partial charge in [-0.15, -0.1) is 53.6 Å². The smallest absolute Gasteiger partial charge is 0.135 e. The van der Waals surface area contributed by atoms with E-state index in [1.165, 1.54) is 38.9 Å². The molecule has 5 nitrogen and oxygen atoms in total. The Balaban J connectivity index is 0.00000676. The maximum Gasteiger partial charge on any atom is 0.135 e. The second-order valence-corrected chi connectivity index (χ2v) is 23.6. The van der Waals surface area contributed by atoms with Gasteiger partial charge in [0.1, 0.15) is 5.82 Å². The van der Waals surface area contributed by atoms with Gasteiger partial charge in [-0.3, -0.25) is 0 Å². The van der Waals surface area contributed by atoms with E-state index in [1.807, 2.05) is 12.3 Å². The largest absolute Gasteiger partial charge is 0.509 e. The molecule has 0 aliphatic carbocycles. The van der Waals surface area contributed by atoms with Gasteiger partial charge in [0.25, 0.3) is 0 Å². The summed E-state index contributed by atoms with van der Waals surface area (Å²) < 4.78 is 9.31. The molecule has 9 rings (SSSR count). The van der Waals surface area contributed by atoms with Gasteiger partial charge >= 0.3 is 0 Å². The first-order valence-electron chi connectivity index (χ1n) is 25.2. The second kappa shape index (κ2) is 19.3. The molecule has 0 saturated heterocycles. The molecule has 0 bridgehead atoms. The first-order valence-corrected chi connectivity index (χ1v) is 25.2. The molecule has 0 atom stereocenters. The fourth-order valence-corrected chi connectivity index (χ4v) is 9.80. The fraction of sp³-hybridized carbons (Fsp3) is 0.323. The van der Waals surface area contributed by atoms with E-state index < -0.39 is 5.41 Å². The molecule has 0 saturated carbocycles. The quantitative estimate of drug-likeness (QED) is 0.128. The summed E-state index contributed by atoms with van der Waals surface area (Å²) in [6.45, 7) is 36.6. The van der Waals surface area contributed by atoms with Crippen molar-refractivity contribution in [2.75, 3.05) is 9.80 Å². The van der Waals surface area contributed by atoms with Crippen LogP contribution in [-0.4, -0.2) is 9.55 Å². The van der Waals surface area contributed by atoms with Crippen molar-refractivity contribution in [3.05, 3.63) is 203 Å². The van der Waals surface area contributed by atoms with E-state index in [4.69, 9.17) is 9.72 Å². The SMILES string of the molecule is CC(C)c1cccc(C(C)C)c1C1=CN(c2cc(C(C)(C)C)cc(C(C)(C)C)c2)[CH-]N1c1[c-]c(Oc2[c-]c3c(cc2)c2ccccc2n3-c2cc(C(C)(C)C)ccn2)cc(C(C)(C)c2ccccc2)c1.[Pt]. The molecule has 0 unspecified atom stereocenters. The van der Waals surface area contributed by atoms with Crippen LogP contribution in [0.4, 0.5) is 11.4 Å². The zero-order valence-corrected chi connectivity index (χ0v) is 46.8. The minimum Gasteiger partial charge on any atom is -0.509 e. The van der Waals surface area contributed by atoms with Crippen molar-refractivity contribution in [1.82, 2.24) is 9.55 Å². The number of aromatic nitrogens is 2. The Kier molecular flexibility index (Phi) is 14.0. The monoisotopic (exact) mass is 1120 g/mol. The van der Waals surface area contributed by atoms with Crippen LogP contribution in [0.3, 0.4) is 0 Å². The number of rotatable bonds is 10. The Labute approximate surface area is 439 Å². The first-order chi connectivity index (χ1) is 33.0. The van der Waals surface area contributed by atoms with E-state index in [0.29, 0.717) is 23.3 Å². The van der Waals surface area contributed by atoms with Crippen molar-refractivity contribution in [2.45, 2.75) is 137 Å². The third kappa shape index (κ3) is 10.1. The molecule has 370 valence electrons. The zero-order valence-electron chi connectivity index (χ0n) is 44.5. The van der Waals surface area contributed by atoms with Gasteiger partial charge in [0, 0.05) is 61.2 Å². The molecule has 0 spiro atoms.